The average molecular weight is 1460 g/mol. The molecule has 0 saturated heterocycles. The first-order valence-electron chi connectivity index (χ1n) is 39.1. The lowest BCUT2D eigenvalue weighted by atomic mass is 10.0. The van der Waals surface area contributed by atoms with Crippen LogP contribution in [-0.4, -0.2) is 95.9 Å². The molecule has 0 aromatic heterocycles. The number of rotatable bonds is 73. The van der Waals surface area contributed by atoms with Crippen LogP contribution >= 0.6 is 15.6 Å². The van der Waals surface area contributed by atoms with Gasteiger partial charge in [-0.2, -0.15) is 0 Å². The topological polar surface area (TPSA) is 231 Å². The highest BCUT2D eigenvalue weighted by Crippen LogP contribution is 2.45. The lowest BCUT2D eigenvalue weighted by Crippen LogP contribution is -2.30. The second kappa shape index (κ2) is 75.1. The summed E-state index contributed by atoms with van der Waals surface area (Å²) in [5, 5.41) is 20.6. The zero-order chi connectivity index (χ0) is 73.7. The van der Waals surface area contributed by atoms with Gasteiger partial charge in [-0.15, -0.1) is 0 Å². The Balaban J connectivity index is 4.54. The molecular formula is C83H140O16P2. The largest absolute Gasteiger partial charge is 0.472 e. The van der Waals surface area contributed by atoms with Crippen LogP contribution in [0.4, 0.5) is 0 Å². The van der Waals surface area contributed by atoms with Gasteiger partial charge >= 0.3 is 33.6 Å². The van der Waals surface area contributed by atoms with E-state index in [0.717, 1.165) is 122 Å². The molecule has 5 unspecified atom stereocenters. The Morgan fingerprint density at radius 3 is 0.891 bits per heavy atom. The SMILES string of the molecule is CC/C=C\C/C=C\C/C=C\C/C=C\C/C=C\C/C=C\CCCCCCCCCCCCCCC(=O)OCC(O)COP(=O)(O)OCC(O)COP(=O)(O)OCC(COC(=O)CC/C=C\C/C=C\C/C=C\C/C=C\C/C=C\C/C=C\CC)OC(=O)CCCCCCCCCCCCCCCCC. The van der Waals surface area contributed by atoms with E-state index in [0.29, 0.717) is 25.7 Å². The minimum atomic E-state index is -4.95. The molecule has 0 fully saturated rings. The van der Waals surface area contributed by atoms with Crippen LogP contribution in [0, 0.1) is 0 Å². The van der Waals surface area contributed by atoms with Gasteiger partial charge in [-0.3, -0.25) is 32.5 Å². The Hall–Kier alpha value is -4.57. The molecule has 0 aliphatic rings. The highest BCUT2D eigenvalue weighted by molar-refractivity contribution is 7.47. The molecule has 4 N–H and O–H groups in total. The van der Waals surface area contributed by atoms with Crippen molar-refractivity contribution in [3.05, 3.63) is 146 Å². The number of aliphatic hydroxyl groups is 2. The molecule has 578 valence electrons. The standard InChI is InChI=1S/C83H140O16P2/c1-4-7-10-13-16-19-22-25-28-30-32-33-34-35-36-37-38-39-40-41-42-43-45-47-49-51-54-57-60-63-66-69-81(86)93-72-78(84)73-95-100(89,90)96-74-79(85)75-97-101(91,92)98-77-80(99-83(88)71-68-65-62-59-56-53-48-27-24-21-18-15-12-9-6-3)76-94-82(87)70-67-64-61-58-55-52-50-46-44-31-29-26-23-20-17-14-11-8-5-2/h7-8,10-11,16-17,19-20,25-26,28-29,32-33,35-36,38-39,44,46,52,55,61,64,78-80,84-85H,4-6,9,12-15,18,21-24,27,30-31,34,37,40-43,45,47-51,53-54,56-60,62-63,65-77H2,1-3H3,(H,89,90)(H,91,92)/b10-7-,11-8-,19-16-,20-17-,28-25-,29-26-,33-32-,36-35-,39-38-,46-44-,55-52-,64-61-. The summed E-state index contributed by atoms with van der Waals surface area (Å²) in [5.74, 6) is -1.67. The fraction of sp³-hybridized carbons (Fsp3) is 0.675. The summed E-state index contributed by atoms with van der Waals surface area (Å²) in [5.41, 5.74) is 0. The number of phosphoric acid groups is 2. The van der Waals surface area contributed by atoms with E-state index < -0.39 is 91.5 Å². The fourth-order valence-electron chi connectivity index (χ4n) is 10.2. The molecule has 0 spiro atoms. The monoisotopic (exact) mass is 1450 g/mol. The van der Waals surface area contributed by atoms with Gasteiger partial charge in [-0.1, -0.05) is 321 Å². The van der Waals surface area contributed by atoms with Gasteiger partial charge in [0.2, 0.25) is 0 Å². The van der Waals surface area contributed by atoms with Gasteiger partial charge < -0.3 is 34.2 Å². The highest BCUT2D eigenvalue weighted by atomic mass is 31.2. The minimum Gasteiger partial charge on any atom is -0.463 e. The van der Waals surface area contributed by atoms with E-state index in [-0.39, 0.29) is 19.3 Å². The number of hydrogen-bond donors (Lipinski definition) is 4. The van der Waals surface area contributed by atoms with Gasteiger partial charge in [-0.25, -0.2) is 9.13 Å². The molecule has 0 saturated carbocycles. The maximum absolute atomic E-state index is 12.9. The molecule has 101 heavy (non-hydrogen) atoms. The molecule has 18 heteroatoms. The summed E-state index contributed by atoms with van der Waals surface area (Å²) >= 11 is 0. The van der Waals surface area contributed by atoms with E-state index in [9.17, 15) is 43.5 Å². The number of unbranched alkanes of at least 4 members (excludes halogenated alkanes) is 26. The van der Waals surface area contributed by atoms with Crippen LogP contribution in [0.1, 0.15) is 303 Å². The number of carbonyl (C=O) groups is 3. The number of ether oxygens (including phenoxy) is 3. The number of aliphatic hydroxyl groups excluding tert-OH is 2. The van der Waals surface area contributed by atoms with Gasteiger partial charge in [0.05, 0.1) is 26.4 Å². The van der Waals surface area contributed by atoms with Crippen LogP contribution < -0.4 is 0 Å². The molecule has 0 heterocycles. The molecule has 16 nitrogen and oxygen atoms in total. The van der Waals surface area contributed by atoms with Crippen LogP contribution in [0.15, 0.2) is 146 Å². The van der Waals surface area contributed by atoms with E-state index in [2.05, 4.69) is 148 Å². The van der Waals surface area contributed by atoms with Gasteiger partial charge in [0.1, 0.15) is 25.4 Å². The van der Waals surface area contributed by atoms with Crippen molar-refractivity contribution in [3.63, 3.8) is 0 Å². The molecule has 0 aromatic rings. The van der Waals surface area contributed by atoms with Crippen molar-refractivity contribution in [2.24, 2.45) is 0 Å². The molecule has 0 amide bonds. The summed E-state index contributed by atoms with van der Waals surface area (Å²) in [6.07, 6.45) is 92.0. The van der Waals surface area contributed by atoms with Crippen molar-refractivity contribution < 1.29 is 75.8 Å². The second-order valence-electron chi connectivity index (χ2n) is 25.8. The molecule has 0 radical (unpaired) electrons. The summed E-state index contributed by atoms with van der Waals surface area (Å²) < 4.78 is 61.0. The molecule has 5 atom stereocenters. The molecular weight excluding hydrogens is 1310 g/mol. The smallest absolute Gasteiger partial charge is 0.463 e. The summed E-state index contributed by atoms with van der Waals surface area (Å²) in [6, 6.07) is 0. The molecule has 0 aromatic carbocycles. The normalized spacial score (nSPS) is 14.8. The number of hydrogen-bond acceptors (Lipinski definition) is 14. The maximum Gasteiger partial charge on any atom is 0.472 e. The average Bonchev–Trinajstić information content (AvgIpc) is 0.980. The van der Waals surface area contributed by atoms with E-state index in [4.69, 9.17) is 32.3 Å². The van der Waals surface area contributed by atoms with Crippen molar-refractivity contribution >= 4 is 33.6 Å². The van der Waals surface area contributed by atoms with Crippen LogP contribution in [0.5, 0.6) is 0 Å². The maximum atomic E-state index is 12.9. The lowest BCUT2D eigenvalue weighted by Gasteiger charge is -2.21. The van der Waals surface area contributed by atoms with E-state index in [1.54, 1.807) is 0 Å². The zero-order valence-corrected chi connectivity index (χ0v) is 64.8. The third-order valence-electron chi connectivity index (χ3n) is 16.1. The Bertz CT molecular complexity index is 2420. The predicted molar refractivity (Wildman–Crippen MR) is 417 cm³/mol. The van der Waals surface area contributed by atoms with Crippen molar-refractivity contribution in [2.45, 2.75) is 322 Å². The fourth-order valence-corrected chi connectivity index (χ4v) is 11.8. The van der Waals surface area contributed by atoms with Crippen molar-refractivity contribution in [1.82, 2.24) is 0 Å². The second-order valence-corrected chi connectivity index (χ2v) is 28.7. The van der Waals surface area contributed by atoms with Crippen molar-refractivity contribution in [2.75, 3.05) is 39.6 Å². The predicted octanol–water partition coefficient (Wildman–Crippen LogP) is 22.9. The lowest BCUT2D eigenvalue weighted by molar-refractivity contribution is -0.161. The van der Waals surface area contributed by atoms with Gasteiger partial charge in [-0.05, 0) is 109 Å². The van der Waals surface area contributed by atoms with Crippen molar-refractivity contribution in [1.29, 1.82) is 0 Å². The highest BCUT2D eigenvalue weighted by Gasteiger charge is 2.29. The van der Waals surface area contributed by atoms with Crippen LogP contribution in [-0.2, 0) is 55.8 Å². The quantitative estimate of drug-likeness (QED) is 0.0146. The summed E-state index contributed by atoms with van der Waals surface area (Å²) in [7, 11) is -9.81. The first-order chi connectivity index (χ1) is 49.2. The Morgan fingerprint density at radius 2 is 0.545 bits per heavy atom. The molecule has 0 aliphatic carbocycles. The van der Waals surface area contributed by atoms with E-state index in [1.165, 1.54) is 116 Å². The third-order valence-corrected chi connectivity index (χ3v) is 18.0. The Kier molecular flexibility index (Phi) is 71.7. The Labute approximate surface area is 613 Å². The number of allylic oxidation sites excluding steroid dienone is 24. The van der Waals surface area contributed by atoms with Crippen LogP contribution in [0.2, 0.25) is 0 Å². The first kappa shape index (κ1) is 96.4. The van der Waals surface area contributed by atoms with Gasteiger partial charge in [0, 0.05) is 19.3 Å². The van der Waals surface area contributed by atoms with Gasteiger partial charge in [0.15, 0.2) is 6.10 Å². The number of carbonyl (C=O) groups excluding carboxylic acids is 3. The molecule has 0 rings (SSSR count). The van der Waals surface area contributed by atoms with Crippen molar-refractivity contribution in [3.8, 4) is 0 Å². The van der Waals surface area contributed by atoms with Crippen LogP contribution in [0.3, 0.4) is 0 Å². The summed E-state index contributed by atoms with van der Waals surface area (Å²) in [6.45, 7) is 2.37. The summed E-state index contributed by atoms with van der Waals surface area (Å²) in [4.78, 5) is 58.6. The number of phosphoric ester groups is 2. The Morgan fingerprint density at radius 1 is 0.287 bits per heavy atom. The van der Waals surface area contributed by atoms with E-state index in [1.807, 2.05) is 18.2 Å². The molecule has 0 aliphatic heterocycles. The first-order valence-corrected chi connectivity index (χ1v) is 42.1. The minimum absolute atomic E-state index is 0.0442. The molecule has 0 bridgehead atoms. The van der Waals surface area contributed by atoms with Crippen LogP contribution in [0.25, 0.3) is 0 Å². The third kappa shape index (κ3) is 76.4. The number of esters is 3. The zero-order valence-electron chi connectivity index (χ0n) is 63.0. The van der Waals surface area contributed by atoms with E-state index >= 15 is 0 Å². The van der Waals surface area contributed by atoms with Gasteiger partial charge in [0.25, 0.3) is 0 Å².